The minimum Gasteiger partial charge on any atom is -0.336 e. The zero-order valence-corrected chi connectivity index (χ0v) is 11.2. The lowest BCUT2D eigenvalue weighted by Crippen LogP contribution is -2.16. The van der Waals surface area contributed by atoms with Crippen LogP contribution in [0.15, 0.2) is 36.1 Å². The lowest BCUT2D eigenvalue weighted by atomic mass is 10.1. The van der Waals surface area contributed by atoms with Gasteiger partial charge in [-0.05, 0) is 12.0 Å². The highest BCUT2D eigenvalue weighted by Gasteiger charge is 2.34. The summed E-state index contributed by atoms with van der Waals surface area (Å²) in [6.07, 6.45) is -1.65. The molecule has 0 fully saturated rings. The van der Waals surface area contributed by atoms with E-state index < -0.39 is 11.7 Å². The monoisotopic (exact) mass is 289 g/mol. The first kappa shape index (κ1) is 15.4. The van der Waals surface area contributed by atoms with E-state index >= 15 is 0 Å². The molecule has 0 aliphatic carbocycles. The number of allylic oxidation sites excluding steroid dienone is 3. The summed E-state index contributed by atoms with van der Waals surface area (Å²) >= 11 is 4.60. The largest absolute Gasteiger partial charge is 0.413 e. The normalized spacial score (nSPS) is 12.8. The van der Waals surface area contributed by atoms with Crippen molar-refractivity contribution in [2.24, 2.45) is 0 Å². The fourth-order valence-electron chi connectivity index (χ4n) is 1.65. The summed E-state index contributed by atoms with van der Waals surface area (Å²) in [5.41, 5.74) is 0.818. The molecule has 0 saturated carbocycles. The summed E-state index contributed by atoms with van der Waals surface area (Å²) in [7, 11) is 0. The molecule has 0 aliphatic heterocycles. The van der Waals surface area contributed by atoms with Gasteiger partial charge in [0.1, 0.15) is 0 Å². The maximum Gasteiger partial charge on any atom is 0.413 e. The molecule has 0 radical (unpaired) electrons. The van der Waals surface area contributed by atoms with Crippen LogP contribution in [-0.2, 0) is 6.54 Å². The molecule has 104 valence electrons. The van der Waals surface area contributed by atoms with Crippen molar-refractivity contribution in [3.8, 4) is 0 Å². The van der Waals surface area contributed by atoms with Crippen LogP contribution in [0.2, 0.25) is 0 Å². The molecule has 0 atom stereocenters. The van der Waals surface area contributed by atoms with Gasteiger partial charge in [-0.2, -0.15) is 18.3 Å². The van der Waals surface area contributed by atoms with Crippen molar-refractivity contribution in [3.05, 3.63) is 36.1 Å². The van der Waals surface area contributed by atoms with Crippen LogP contribution in [0.3, 0.4) is 0 Å². The molecule has 0 aliphatic rings. The standard InChI is InChI=1S/C12H14F3N3S/c1-3-9(10(4-2)12(13,14)15)7-18-6-5-11(17-18)16-8-19/h3,5-6,8H,1,4,7H2,2H3,(H,16,17,19). The van der Waals surface area contributed by atoms with Crippen LogP contribution >= 0.6 is 12.2 Å². The lowest BCUT2D eigenvalue weighted by molar-refractivity contribution is -0.0944. The molecule has 19 heavy (non-hydrogen) atoms. The summed E-state index contributed by atoms with van der Waals surface area (Å²) in [5, 5.41) is 6.73. The van der Waals surface area contributed by atoms with Crippen molar-refractivity contribution in [2.75, 3.05) is 5.32 Å². The quantitative estimate of drug-likeness (QED) is 0.639. The van der Waals surface area contributed by atoms with Gasteiger partial charge in [-0.25, -0.2) is 0 Å². The average Bonchev–Trinajstić information content (AvgIpc) is 2.75. The Bertz CT molecular complexity index is 489. The first-order valence-electron chi connectivity index (χ1n) is 5.57. The summed E-state index contributed by atoms with van der Waals surface area (Å²) < 4.78 is 39.9. The predicted molar refractivity (Wildman–Crippen MR) is 73.1 cm³/mol. The van der Waals surface area contributed by atoms with E-state index in [-0.39, 0.29) is 18.5 Å². The van der Waals surface area contributed by atoms with E-state index in [4.69, 9.17) is 0 Å². The van der Waals surface area contributed by atoms with Crippen molar-refractivity contribution < 1.29 is 13.2 Å². The number of thiocarbonyl (C=S) groups is 1. The Morgan fingerprint density at radius 1 is 1.58 bits per heavy atom. The van der Waals surface area contributed by atoms with Gasteiger partial charge in [-0.15, -0.1) is 0 Å². The van der Waals surface area contributed by atoms with E-state index in [0.29, 0.717) is 5.82 Å². The van der Waals surface area contributed by atoms with Crippen LogP contribution in [0.1, 0.15) is 13.3 Å². The molecule has 1 aromatic heterocycles. The van der Waals surface area contributed by atoms with Crippen LogP contribution in [0.4, 0.5) is 19.0 Å². The van der Waals surface area contributed by atoms with Crippen molar-refractivity contribution in [1.82, 2.24) is 9.78 Å². The third-order valence-corrected chi connectivity index (χ3v) is 2.63. The molecule has 1 rings (SSSR count). The van der Waals surface area contributed by atoms with Gasteiger partial charge in [0.25, 0.3) is 0 Å². The first-order valence-corrected chi connectivity index (χ1v) is 6.04. The molecule has 0 saturated heterocycles. The fourth-order valence-corrected chi connectivity index (χ4v) is 1.78. The topological polar surface area (TPSA) is 29.9 Å². The lowest BCUT2D eigenvalue weighted by Gasteiger charge is -2.14. The second kappa shape index (κ2) is 6.51. The molecule has 3 nitrogen and oxygen atoms in total. The minimum absolute atomic E-state index is 0.0191. The van der Waals surface area contributed by atoms with Crippen LogP contribution in [0.25, 0.3) is 0 Å². The Kier molecular flexibility index (Phi) is 5.29. The molecule has 0 unspecified atom stereocenters. The molecule has 7 heteroatoms. The molecule has 0 bridgehead atoms. The molecule has 1 heterocycles. The highest BCUT2D eigenvalue weighted by molar-refractivity contribution is 7.79. The number of nitrogens with one attached hydrogen (secondary N) is 1. The molecule has 1 aromatic rings. The van der Waals surface area contributed by atoms with E-state index in [1.165, 1.54) is 23.2 Å². The molecular weight excluding hydrogens is 275 g/mol. The zero-order chi connectivity index (χ0) is 14.5. The number of anilines is 1. The summed E-state index contributed by atoms with van der Waals surface area (Å²) in [6.45, 7) is 4.93. The first-order chi connectivity index (χ1) is 8.92. The van der Waals surface area contributed by atoms with Crippen molar-refractivity contribution >= 4 is 23.5 Å². The summed E-state index contributed by atoms with van der Waals surface area (Å²) in [6, 6.07) is 1.63. The van der Waals surface area contributed by atoms with Gasteiger partial charge in [0, 0.05) is 17.8 Å². The molecule has 0 amide bonds. The molecule has 0 aromatic carbocycles. The summed E-state index contributed by atoms with van der Waals surface area (Å²) in [5.74, 6) is 0.489. The number of hydrogen-bond acceptors (Lipinski definition) is 2. The van der Waals surface area contributed by atoms with Gasteiger partial charge in [-0.3, -0.25) is 4.68 Å². The van der Waals surface area contributed by atoms with Gasteiger partial charge in [0.2, 0.25) is 0 Å². The van der Waals surface area contributed by atoms with Gasteiger partial charge in [0.15, 0.2) is 5.82 Å². The van der Waals surface area contributed by atoms with Crippen LogP contribution in [-0.4, -0.2) is 21.4 Å². The number of alkyl halides is 3. The number of hydrogen-bond donors (Lipinski definition) is 1. The Morgan fingerprint density at radius 3 is 2.74 bits per heavy atom. The third-order valence-electron chi connectivity index (χ3n) is 2.51. The highest BCUT2D eigenvalue weighted by atomic mass is 32.1. The van der Waals surface area contributed by atoms with Gasteiger partial charge < -0.3 is 5.32 Å². The van der Waals surface area contributed by atoms with E-state index in [9.17, 15) is 13.2 Å². The Hall–Kier alpha value is -1.63. The van der Waals surface area contributed by atoms with Gasteiger partial charge in [0.05, 0.1) is 12.0 Å². The van der Waals surface area contributed by atoms with Gasteiger partial charge in [-0.1, -0.05) is 31.8 Å². The van der Waals surface area contributed by atoms with E-state index in [1.54, 1.807) is 12.3 Å². The van der Waals surface area contributed by atoms with Crippen LogP contribution in [0.5, 0.6) is 0 Å². The predicted octanol–water partition coefficient (Wildman–Crippen LogP) is 3.71. The number of rotatable bonds is 6. The number of aromatic nitrogens is 2. The molecule has 1 N–H and O–H groups in total. The smallest absolute Gasteiger partial charge is 0.336 e. The third kappa shape index (κ3) is 4.20. The van der Waals surface area contributed by atoms with Gasteiger partial charge >= 0.3 is 6.18 Å². The molecular formula is C12H14F3N3S. The molecule has 0 spiro atoms. The van der Waals surface area contributed by atoms with Crippen LogP contribution in [0, 0.1) is 0 Å². The maximum absolute atomic E-state index is 12.8. The van der Waals surface area contributed by atoms with Crippen molar-refractivity contribution in [2.45, 2.75) is 26.1 Å². The highest BCUT2D eigenvalue weighted by Crippen LogP contribution is 2.31. The average molecular weight is 289 g/mol. The second-order valence-corrected chi connectivity index (χ2v) is 3.96. The van der Waals surface area contributed by atoms with Crippen LogP contribution < -0.4 is 5.32 Å². The Morgan fingerprint density at radius 2 is 2.26 bits per heavy atom. The number of halogens is 3. The maximum atomic E-state index is 12.8. The second-order valence-electron chi connectivity index (χ2n) is 3.72. The summed E-state index contributed by atoms with van der Waals surface area (Å²) in [4.78, 5) is 0. The SMILES string of the molecule is C=CC(Cn1ccc(NC=S)n1)=C(CC)C(F)(F)F. The van der Waals surface area contributed by atoms with E-state index in [2.05, 4.69) is 29.2 Å². The van der Waals surface area contributed by atoms with E-state index in [0.717, 1.165) is 0 Å². The number of nitrogens with zero attached hydrogens (tertiary/aromatic N) is 2. The Labute approximate surface area is 114 Å². The zero-order valence-electron chi connectivity index (χ0n) is 10.4. The fraction of sp³-hybridized carbons (Fsp3) is 0.333. The Balaban J connectivity index is 3.00. The van der Waals surface area contributed by atoms with E-state index in [1.807, 2.05) is 0 Å². The van der Waals surface area contributed by atoms with Crippen molar-refractivity contribution in [1.29, 1.82) is 0 Å². The van der Waals surface area contributed by atoms with Crippen molar-refractivity contribution in [3.63, 3.8) is 0 Å². The minimum atomic E-state index is -4.35.